The van der Waals surface area contributed by atoms with Crippen LogP contribution < -0.4 is 0 Å². The van der Waals surface area contributed by atoms with Gasteiger partial charge in [0.1, 0.15) is 0 Å². The average molecular weight is 280 g/mol. The predicted octanol–water partition coefficient (Wildman–Crippen LogP) is 3.07. The van der Waals surface area contributed by atoms with Crippen LogP contribution in [0.2, 0.25) is 0 Å². The molecule has 0 atom stereocenters. The summed E-state index contributed by atoms with van der Waals surface area (Å²) in [6.07, 6.45) is -3.14. The van der Waals surface area contributed by atoms with Crippen molar-refractivity contribution in [3.05, 3.63) is 53.3 Å². The molecule has 4 nitrogen and oxygen atoms in total. The molecule has 2 aromatic rings. The second kappa shape index (κ2) is 4.74. The molecule has 0 spiro atoms. The zero-order valence-electron chi connectivity index (χ0n) is 9.85. The van der Waals surface area contributed by atoms with E-state index in [-0.39, 0.29) is 0 Å². The molecular weight excluding hydrogens is 273 g/mol. The molecule has 0 unspecified atom stereocenters. The molecule has 0 aliphatic heterocycles. The quantitative estimate of drug-likeness (QED) is 0.919. The number of nitrogens with zero attached hydrogens (tertiary/aromatic N) is 2. The maximum atomic E-state index is 12.7. The molecule has 1 heterocycles. The summed E-state index contributed by atoms with van der Waals surface area (Å²) in [5, 5.41) is 17.5. The van der Waals surface area contributed by atoms with Gasteiger partial charge in [-0.25, -0.2) is 4.79 Å². The van der Waals surface area contributed by atoms with E-state index < -0.39 is 23.3 Å². The molecule has 1 N–H and O–H groups in total. The van der Waals surface area contributed by atoms with Crippen LogP contribution in [0.1, 0.15) is 21.5 Å². The van der Waals surface area contributed by atoms with Gasteiger partial charge in [0.25, 0.3) is 0 Å². The zero-order valence-corrected chi connectivity index (χ0v) is 9.85. The maximum absolute atomic E-state index is 12.7. The minimum atomic E-state index is -4.74. The summed E-state index contributed by atoms with van der Waals surface area (Å²) >= 11 is 0. The summed E-state index contributed by atoms with van der Waals surface area (Å²) in [6.45, 7) is 0. The van der Waals surface area contributed by atoms with Gasteiger partial charge < -0.3 is 9.67 Å². The van der Waals surface area contributed by atoms with Gasteiger partial charge in [-0.3, -0.25) is 0 Å². The standard InChI is InChI=1S/C13H7F3N2O2/c14-13(15,16)11-7-18(6-10(11)12(19)20)9-3-1-8(5-17)2-4-9/h1-4,6-7H,(H,19,20). The number of carboxylic acids is 1. The van der Waals surface area contributed by atoms with Crippen molar-refractivity contribution in [2.75, 3.05) is 0 Å². The minimum absolute atomic E-state index is 0.335. The summed E-state index contributed by atoms with van der Waals surface area (Å²) < 4.78 is 39.3. The molecule has 2 rings (SSSR count). The van der Waals surface area contributed by atoms with Crippen LogP contribution in [0.5, 0.6) is 0 Å². The van der Waals surface area contributed by atoms with Crippen molar-refractivity contribution in [1.29, 1.82) is 5.26 Å². The maximum Gasteiger partial charge on any atom is 0.418 e. The van der Waals surface area contributed by atoms with Crippen molar-refractivity contribution in [3.63, 3.8) is 0 Å². The molecule has 102 valence electrons. The Morgan fingerprint density at radius 1 is 1.20 bits per heavy atom. The lowest BCUT2D eigenvalue weighted by Gasteiger charge is -2.04. The molecule has 0 aliphatic rings. The van der Waals surface area contributed by atoms with Gasteiger partial charge in [-0.15, -0.1) is 0 Å². The van der Waals surface area contributed by atoms with Crippen molar-refractivity contribution >= 4 is 5.97 Å². The summed E-state index contributed by atoms with van der Waals surface area (Å²) in [5.41, 5.74) is -1.34. The molecule has 1 aromatic heterocycles. The Morgan fingerprint density at radius 2 is 1.80 bits per heavy atom. The van der Waals surface area contributed by atoms with E-state index >= 15 is 0 Å². The van der Waals surface area contributed by atoms with Crippen LogP contribution in [0.25, 0.3) is 5.69 Å². The lowest BCUT2D eigenvalue weighted by molar-refractivity contribution is -0.138. The molecule has 0 aliphatic carbocycles. The average Bonchev–Trinajstić information content (AvgIpc) is 2.84. The lowest BCUT2D eigenvalue weighted by atomic mass is 10.2. The molecule has 1 aromatic carbocycles. The highest BCUT2D eigenvalue weighted by molar-refractivity contribution is 5.89. The predicted molar refractivity (Wildman–Crippen MR) is 62.4 cm³/mol. The topological polar surface area (TPSA) is 66.0 Å². The van der Waals surface area contributed by atoms with Crippen LogP contribution in [-0.2, 0) is 6.18 Å². The van der Waals surface area contributed by atoms with Crippen molar-refractivity contribution in [1.82, 2.24) is 4.57 Å². The number of hydrogen-bond donors (Lipinski definition) is 1. The fourth-order valence-corrected chi connectivity index (χ4v) is 1.71. The van der Waals surface area contributed by atoms with Gasteiger partial charge in [-0.2, -0.15) is 18.4 Å². The van der Waals surface area contributed by atoms with Gasteiger partial charge in [0, 0.05) is 18.1 Å². The number of alkyl halides is 3. The number of aromatic carboxylic acids is 1. The van der Waals surface area contributed by atoms with E-state index in [1.165, 1.54) is 24.3 Å². The Hall–Kier alpha value is -2.75. The lowest BCUT2D eigenvalue weighted by Crippen LogP contribution is -2.09. The first-order valence-corrected chi connectivity index (χ1v) is 5.36. The fraction of sp³-hybridized carbons (Fsp3) is 0.0769. The highest BCUT2D eigenvalue weighted by atomic mass is 19.4. The number of rotatable bonds is 2. The van der Waals surface area contributed by atoms with E-state index in [1.54, 1.807) is 0 Å². The molecular formula is C13H7F3N2O2. The molecule has 0 radical (unpaired) electrons. The SMILES string of the molecule is N#Cc1ccc(-n2cc(C(=O)O)c(C(F)(F)F)c2)cc1. The Morgan fingerprint density at radius 3 is 2.20 bits per heavy atom. The number of benzene rings is 1. The fourth-order valence-electron chi connectivity index (χ4n) is 1.71. The monoisotopic (exact) mass is 280 g/mol. The van der Waals surface area contributed by atoms with Crippen molar-refractivity contribution < 1.29 is 23.1 Å². The largest absolute Gasteiger partial charge is 0.478 e. The van der Waals surface area contributed by atoms with Crippen LogP contribution >= 0.6 is 0 Å². The van der Waals surface area contributed by atoms with E-state index in [9.17, 15) is 18.0 Å². The second-order valence-corrected chi connectivity index (χ2v) is 3.95. The molecule has 7 heteroatoms. The van der Waals surface area contributed by atoms with E-state index in [0.717, 1.165) is 10.8 Å². The third kappa shape index (κ3) is 2.49. The molecule has 20 heavy (non-hydrogen) atoms. The van der Waals surface area contributed by atoms with E-state index in [0.29, 0.717) is 17.4 Å². The highest BCUT2D eigenvalue weighted by Gasteiger charge is 2.37. The van der Waals surface area contributed by atoms with Gasteiger partial charge >= 0.3 is 12.1 Å². The van der Waals surface area contributed by atoms with Crippen molar-refractivity contribution in [3.8, 4) is 11.8 Å². The second-order valence-electron chi connectivity index (χ2n) is 3.95. The Balaban J connectivity index is 2.53. The molecule has 0 bridgehead atoms. The van der Waals surface area contributed by atoms with Crippen molar-refractivity contribution in [2.24, 2.45) is 0 Å². The number of hydrogen-bond acceptors (Lipinski definition) is 2. The number of carbonyl (C=O) groups is 1. The first kappa shape index (κ1) is 13.7. The Labute approximate surface area is 111 Å². The molecule has 0 saturated heterocycles. The normalized spacial score (nSPS) is 11.1. The summed E-state index contributed by atoms with van der Waals surface area (Å²) in [4.78, 5) is 10.9. The number of nitriles is 1. The Bertz CT molecular complexity index is 694. The first-order valence-electron chi connectivity index (χ1n) is 5.36. The zero-order chi connectivity index (χ0) is 14.9. The Kier molecular flexibility index (Phi) is 3.24. The van der Waals surface area contributed by atoms with Gasteiger partial charge in [0.05, 0.1) is 22.8 Å². The minimum Gasteiger partial charge on any atom is -0.478 e. The summed E-state index contributed by atoms with van der Waals surface area (Å²) in [5.74, 6) is -1.65. The number of halogens is 3. The van der Waals surface area contributed by atoms with E-state index in [2.05, 4.69) is 0 Å². The van der Waals surface area contributed by atoms with Crippen LogP contribution in [0, 0.1) is 11.3 Å². The van der Waals surface area contributed by atoms with Crippen LogP contribution in [0.15, 0.2) is 36.7 Å². The van der Waals surface area contributed by atoms with Gasteiger partial charge in [-0.05, 0) is 24.3 Å². The third-order valence-electron chi connectivity index (χ3n) is 2.66. The molecule has 0 saturated carbocycles. The van der Waals surface area contributed by atoms with Crippen molar-refractivity contribution in [2.45, 2.75) is 6.18 Å². The number of aromatic nitrogens is 1. The van der Waals surface area contributed by atoms with Gasteiger partial charge in [-0.1, -0.05) is 0 Å². The van der Waals surface area contributed by atoms with Gasteiger partial charge in [0.15, 0.2) is 0 Å². The molecule has 0 amide bonds. The van der Waals surface area contributed by atoms with Crippen LogP contribution in [0.3, 0.4) is 0 Å². The first-order chi connectivity index (χ1) is 9.32. The van der Waals surface area contributed by atoms with Crippen LogP contribution in [-0.4, -0.2) is 15.6 Å². The van der Waals surface area contributed by atoms with E-state index in [4.69, 9.17) is 10.4 Å². The molecule has 0 fully saturated rings. The van der Waals surface area contributed by atoms with Crippen LogP contribution in [0.4, 0.5) is 13.2 Å². The van der Waals surface area contributed by atoms with Gasteiger partial charge in [0.2, 0.25) is 0 Å². The summed E-state index contributed by atoms with van der Waals surface area (Å²) in [7, 11) is 0. The number of carboxylic acid groups (broad SMARTS) is 1. The highest BCUT2D eigenvalue weighted by Crippen LogP contribution is 2.33. The summed E-state index contributed by atoms with van der Waals surface area (Å²) in [6, 6.07) is 7.62. The van der Waals surface area contributed by atoms with E-state index in [1.807, 2.05) is 6.07 Å². The smallest absolute Gasteiger partial charge is 0.418 e. The third-order valence-corrected chi connectivity index (χ3v) is 2.66.